The van der Waals surface area contributed by atoms with Crippen LogP contribution in [0.1, 0.15) is 16.8 Å². The summed E-state index contributed by atoms with van der Waals surface area (Å²) in [5.74, 6) is -5.02. The number of aryl methyl sites for hydroxylation is 2. The molecule has 1 N–H and O–H groups in total. The highest BCUT2D eigenvalue weighted by molar-refractivity contribution is 5.95. The van der Waals surface area contributed by atoms with Gasteiger partial charge in [-0.15, -0.1) is 0 Å². The minimum absolute atomic E-state index is 0.187. The van der Waals surface area contributed by atoms with Crippen molar-refractivity contribution in [1.82, 2.24) is 5.16 Å². The van der Waals surface area contributed by atoms with E-state index in [0.717, 1.165) is 23.3 Å². The van der Waals surface area contributed by atoms with Gasteiger partial charge >= 0.3 is 0 Å². The van der Waals surface area contributed by atoms with Crippen LogP contribution >= 0.6 is 0 Å². The molecule has 3 aromatic rings. The van der Waals surface area contributed by atoms with Crippen LogP contribution in [0.3, 0.4) is 0 Å². The maximum absolute atomic E-state index is 13.6. The van der Waals surface area contributed by atoms with Crippen molar-refractivity contribution in [2.45, 2.75) is 20.3 Å². The summed E-state index contributed by atoms with van der Waals surface area (Å²) in [7, 11) is 0. The SMILES string of the molecule is Cc1cc2onc(CC(=O)Nc3ccc(F)c(F)c3F)c2cc1C. The Morgan fingerprint density at radius 1 is 1.12 bits per heavy atom. The number of amides is 1. The number of anilines is 1. The van der Waals surface area contributed by atoms with Crippen LogP contribution < -0.4 is 5.32 Å². The van der Waals surface area contributed by atoms with E-state index < -0.39 is 29.0 Å². The molecule has 7 heteroatoms. The highest BCUT2D eigenvalue weighted by Gasteiger charge is 2.17. The van der Waals surface area contributed by atoms with Gasteiger partial charge in [0.1, 0.15) is 5.69 Å². The standard InChI is InChI=1S/C17H13F3N2O2/c1-8-5-10-13(22-24-14(10)6-9(8)2)7-15(23)21-12-4-3-11(18)16(19)17(12)20/h3-6H,7H2,1-2H3,(H,21,23). The molecular formula is C17H13F3N2O2. The van der Waals surface area contributed by atoms with Crippen molar-refractivity contribution in [2.24, 2.45) is 0 Å². The molecule has 0 fully saturated rings. The van der Waals surface area contributed by atoms with Crippen LogP contribution in [0.4, 0.5) is 18.9 Å². The Labute approximate surface area is 135 Å². The summed E-state index contributed by atoms with van der Waals surface area (Å²) < 4.78 is 44.8. The molecule has 0 unspecified atom stereocenters. The number of carbonyl (C=O) groups is 1. The molecule has 0 aliphatic rings. The lowest BCUT2D eigenvalue weighted by Crippen LogP contribution is -2.16. The maximum Gasteiger partial charge on any atom is 0.230 e. The van der Waals surface area contributed by atoms with Crippen molar-refractivity contribution >= 4 is 22.6 Å². The van der Waals surface area contributed by atoms with E-state index in [0.29, 0.717) is 16.7 Å². The Morgan fingerprint density at radius 3 is 2.58 bits per heavy atom. The zero-order chi connectivity index (χ0) is 17.4. The number of rotatable bonds is 3. The first-order valence-corrected chi connectivity index (χ1v) is 7.15. The fourth-order valence-corrected chi connectivity index (χ4v) is 2.34. The minimum Gasteiger partial charge on any atom is -0.356 e. The largest absolute Gasteiger partial charge is 0.356 e. The number of hydrogen-bond donors (Lipinski definition) is 1. The van der Waals surface area contributed by atoms with Gasteiger partial charge in [0.2, 0.25) is 5.91 Å². The van der Waals surface area contributed by atoms with Gasteiger partial charge < -0.3 is 9.84 Å². The summed E-state index contributed by atoms with van der Waals surface area (Å²) in [4.78, 5) is 12.0. The van der Waals surface area contributed by atoms with Crippen LogP contribution in [0.2, 0.25) is 0 Å². The minimum atomic E-state index is -1.63. The molecule has 1 heterocycles. The number of benzene rings is 2. The van der Waals surface area contributed by atoms with E-state index in [4.69, 9.17) is 4.52 Å². The van der Waals surface area contributed by atoms with Gasteiger partial charge in [-0.2, -0.15) is 0 Å². The molecule has 1 aromatic heterocycles. The average Bonchev–Trinajstić information content (AvgIpc) is 2.90. The zero-order valence-electron chi connectivity index (χ0n) is 12.9. The molecule has 0 saturated carbocycles. The number of halogens is 3. The summed E-state index contributed by atoms with van der Waals surface area (Å²) in [6.07, 6.45) is -0.187. The number of nitrogens with one attached hydrogen (secondary N) is 1. The molecule has 0 radical (unpaired) electrons. The number of carbonyl (C=O) groups excluding carboxylic acids is 1. The first-order valence-electron chi connectivity index (χ1n) is 7.15. The van der Waals surface area contributed by atoms with E-state index in [9.17, 15) is 18.0 Å². The van der Waals surface area contributed by atoms with Crippen LogP contribution in [-0.2, 0) is 11.2 Å². The van der Waals surface area contributed by atoms with E-state index in [1.54, 1.807) is 0 Å². The van der Waals surface area contributed by atoms with E-state index in [2.05, 4.69) is 10.5 Å². The second kappa shape index (κ2) is 5.99. The molecule has 0 saturated heterocycles. The van der Waals surface area contributed by atoms with Crippen LogP contribution in [0.5, 0.6) is 0 Å². The third-order valence-electron chi connectivity index (χ3n) is 3.80. The Kier molecular flexibility index (Phi) is 4.01. The fourth-order valence-electron chi connectivity index (χ4n) is 2.34. The van der Waals surface area contributed by atoms with E-state index in [1.165, 1.54) is 0 Å². The number of aromatic nitrogens is 1. The lowest BCUT2D eigenvalue weighted by molar-refractivity contribution is -0.115. The predicted octanol–water partition coefficient (Wildman–Crippen LogP) is 4.04. The number of nitrogens with zero attached hydrogens (tertiary/aromatic N) is 1. The Bertz CT molecular complexity index is 951. The van der Waals surface area contributed by atoms with Gasteiger partial charge in [-0.3, -0.25) is 4.79 Å². The van der Waals surface area contributed by atoms with E-state index in [-0.39, 0.29) is 6.42 Å². The van der Waals surface area contributed by atoms with Crippen molar-refractivity contribution in [3.8, 4) is 0 Å². The Balaban J connectivity index is 1.83. The molecule has 0 aliphatic carbocycles. The number of fused-ring (bicyclic) bond motifs is 1. The van der Waals surface area contributed by atoms with Gasteiger partial charge in [0, 0.05) is 5.39 Å². The van der Waals surface area contributed by atoms with E-state index in [1.807, 2.05) is 26.0 Å². The maximum atomic E-state index is 13.6. The third-order valence-corrected chi connectivity index (χ3v) is 3.80. The first kappa shape index (κ1) is 16.0. The summed E-state index contributed by atoms with van der Waals surface area (Å²) in [5, 5.41) is 6.73. The van der Waals surface area contributed by atoms with Crippen LogP contribution in [0, 0.1) is 31.3 Å². The summed E-state index contributed by atoms with van der Waals surface area (Å²) in [6, 6.07) is 5.36. The predicted molar refractivity (Wildman–Crippen MR) is 82.1 cm³/mol. The molecular weight excluding hydrogens is 321 g/mol. The van der Waals surface area contributed by atoms with Crippen molar-refractivity contribution in [2.75, 3.05) is 5.32 Å². The van der Waals surface area contributed by atoms with E-state index >= 15 is 0 Å². The molecule has 124 valence electrons. The van der Waals surface area contributed by atoms with Gasteiger partial charge in [0.15, 0.2) is 23.0 Å². The third kappa shape index (κ3) is 2.84. The van der Waals surface area contributed by atoms with Gasteiger partial charge in [-0.25, -0.2) is 13.2 Å². The molecule has 4 nitrogen and oxygen atoms in total. The van der Waals surface area contributed by atoms with Crippen LogP contribution in [0.15, 0.2) is 28.8 Å². The molecule has 0 aliphatic heterocycles. The van der Waals surface area contributed by atoms with Crippen LogP contribution in [0.25, 0.3) is 11.0 Å². The van der Waals surface area contributed by atoms with Gasteiger partial charge in [0.05, 0.1) is 12.1 Å². The van der Waals surface area contributed by atoms with Crippen molar-refractivity contribution in [1.29, 1.82) is 0 Å². The normalized spacial score (nSPS) is 11.0. The van der Waals surface area contributed by atoms with Gasteiger partial charge in [-0.05, 0) is 49.2 Å². The first-order chi connectivity index (χ1) is 11.4. The molecule has 0 atom stereocenters. The molecule has 2 aromatic carbocycles. The molecule has 24 heavy (non-hydrogen) atoms. The summed E-state index contributed by atoms with van der Waals surface area (Å²) in [6.45, 7) is 3.85. The van der Waals surface area contributed by atoms with Crippen molar-refractivity contribution in [3.05, 3.63) is 58.5 Å². The number of hydrogen-bond acceptors (Lipinski definition) is 3. The smallest absolute Gasteiger partial charge is 0.230 e. The van der Waals surface area contributed by atoms with Gasteiger partial charge in [-0.1, -0.05) is 5.16 Å². The molecule has 1 amide bonds. The monoisotopic (exact) mass is 334 g/mol. The second-order valence-electron chi connectivity index (χ2n) is 5.51. The quantitative estimate of drug-likeness (QED) is 0.736. The second-order valence-corrected chi connectivity index (χ2v) is 5.51. The summed E-state index contributed by atoms with van der Waals surface area (Å²) >= 11 is 0. The highest BCUT2D eigenvalue weighted by Crippen LogP contribution is 2.24. The Morgan fingerprint density at radius 2 is 1.83 bits per heavy atom. The lowest BCUT2D eigenvalue weighted by atomic mass is 10.1. The molecule has 3 rings (SSSR count). The average molecular weight is 334 g/mol. The molecule has 0 bridgehead atoms. The zero-order valence-corrected chi connectivity index (χ0v) is 12.9. The fraction of sp³-hybridized carbons (Fsp3) is 0.176. The van der Waals surface area contributed by atoms with Gasteiger partial charge in [0.25, 0.3) is 0 Å². The Hall–Kier alpha value is -2.83. The van der Waals surface area contributed by atoms with Crippen LogP contribution in [-0.4, -0.2) is 11.1 Å². The lowest BCUT2D eigenvalue weighted by Gasteiger charge is -2.06. The highest BCUT2D eigenvalue weighted by atomic mass is 19.2. The summed E-state index contributed by atoms with van der Waals surface area (Å²) in [5.41, 5.74) is 2.53. The van der Waals surface area contributed by atoms with Crippen molar-refractivity contribution in [3.63, 3.8) is 0 Å². The van der Waals surface area contributed by atoms with Crippen molar-refractivity contribution < 1.29 is 22.5 Å². The molecule has 0 spiro atoms. The topological polar surface area (TPSA) is 55.1 Å².